The largest absolute Gasteiger partial charge is 0.481 e. The van der Waals surface area contributed by atoms with E-state index in [0.29, 0.717) is 0 Å². The van der Waals surface area contributed by atoms with Crippen molar-refractivity contribution in [2.45, 2.75) is 25.2 Å². The number of nitrogens with zero attached hydrogens (tertiary/aromatic N) is 1. The van der Waals surface area contributed by atoms with Crippen LogP contribution in [0.3, 0.4) is 0 Å². The molecule has 4 heteroatoms. The van der Waals surface area contributed by atoms with Crippen molar-refractivity contribution < 1.29 is 14.3 Å². The SMILES string of the molecule is O=C(O)CC(CCc1ccco1)c1ccccn1. The minimum absolute atomic E-state index is 0.0752. The number of aryl methyl sites for hydroxylation is 1. The molecule has 2 aromatic rings. The predicted octanol–water partition coefficient (Wildman–Crippen LogP) is 2.87. The molecule has 1 atom stereocenters. The lowest BCUT2D eigenvalue weighted by Gasteiger charge is -2.13. The van der Waals surface area contributed by atoms with Gasteiger partial charge in [-0.05, 0) is 30.7 Å². The van der Waals surface area contributed by atoms with Crippen molar-refractivity contribution in [2.75, 3.05) is 0 Å². The molecule has 0 amide bonds. The lowest BCUT2D eigenvalue weighted by atomic mass is 9.94. The van der Waals surface area contributed by atoms with E-state index >= 15 is 0 Å². The summed E-state index contributed by atoms with van der Waals surface area (Å²) in [6.45, 7) is 0. The van der Waals surface area contributed by atoms with Gasteiger partial charge in [-0.3, -0.25) is 9.78 Å². The highest BCUT2D eigenvalue weighted by molar-refractivity contribution is 5.67. The number of aliphatic carboxylic acids is 1. The number of hydrogen-bond acceptors (Lipinski definition) is 3. The van der Waals surface area contributed by atoms with Crippen molar-refractivity contribution in [2.24, 2.45) is 0 Å². The minimum atomic E-state index is -0.801. The van der Waals surface area contributed by atoms with Crippen molar-refractivity contribution >= 4 is 5.97 Å². The molecule has 2 aromatic heterocycles. The van der Waals surface area contributed by atoms with Gasteiger partial charge in [0.25, 0.3) is 0 Å². The number of carboxylic acids is 1. The number of pyridine rings is 1. The zero-order valence-corrected chi connectivity index (χ0v) is 9.95. The highest BCUT2D eigenvalue weighted by Gasteiger charge is 2.17. The Bertz CT molecular complexity index is 479. The first-order valence-electron chi connectivity index (χ1n) is 5.91. The monoisotopic (exact) mass is 245 g/mol. The summed E-state index contributed by atoms with van der Waals surface area (Å²) in [6, 6.07) is 9.31. The second-order valence-corrected chi connectivity index (χ2v) is 4.17. The maximum atomic E-state index is 10.9. The van der Waals surface area contributed by atoms with Crippen LogP contribution in [0.25, 0.3) is 0 Å². The third-order valence-corrected chi connectivity index (χ3v) is 2.85. The fourth-order valence-corrected chi connectivity index (χ4v) is 1.95. The van der Waals surface area contributed by atoms with Crippen molar-refractivity contribution in [3.8, 4) is 0 Å². The van der Waals surface area contributed by atoms with Crippen LogP contribution in [-0.4, -0.2) is 16.1 Å². The van der Waals surface area contributed by atoms with E-state index in [1.54, 1.807) is 12.5 Å². The van der Waals surface area contributed by atoms with Crippen LogP contribution in [0.1, 0.15) is 30.2 Å². The lowest BCUT2D eigenvalue weighted by Crippen LogP contribution is -2.09. The molecular weight excluding hydrogens is 230 g/mol. The van der Waals surface area contributed by atoms with Gasteiger partial charge in [0, 0.05) is 24.2 Å². The molecule has 0 aliphatic heterocycles. The van der Waals surface area contributed by atoms with Gasteiger partial charge in [-0.15, -0.1) is 0 Å². The summed E-state index contributed by atoms with van der Waals surface area (Å²) < 4.78 is 5.26. The number of furan rings is 1. The topological polar surface area (TPSA) is 63.3 Å². The number of aromatic nitrogens is 1. The molecule has 94 valence electrons. The van der Waals surface area contributed by atoms with Crippen LogP contribution in [-0.2, 0) is 11.2 Å². The zero-order valence-electron chi connectivity index (χ0n) is 9.95. The van der Waals surface area contributed by atoms with E-state index in [0.717, 1.165) is 24.3 Å². The number of hydrogen-bond donors (Lipinski definition) is 1. The Morgan fingerprint density at radius 3 is 2.83 bits per heavy atom. The maximum Gasteiger partial charge on any atom is 0.304 e. The second-order valence-electron chi connectivity index (χ2n) is 4.17. The second kappa shape index (κ2) is 6.00. The molecule has 2 heterocycles. The number of rotatable bonds is 6. The summed E-state index contributed by atoms with van der Waals surface area (Å²) in [7, 11) is 0. The van der Waals surface area contributed by atoms with E-state index in [9.17, 15) is 4.79 Å². The van der Waals surface area contributed by atoms with Gasteiger partial charge in [-0.2, -0.15) is 0 Å². The van der Waals surface area contributed by atoms with Crippen LogP contribution in [0.15, 0.2) is 47.2 Å². The standard InChI is InChI=1S/C14H15NO3/c16-14(17)10-11(13-5-1-2-8-15-13)6-7-12-4-3-9-18-12/h1-5,8-9,11H,6-7,10H2,(H,16,17). The molecule has 1 N–H and O–H groups in total. The molecule has 18 heavy (non-hydrogen) atoms. The molecule has 0 bridgehead atoms. The molecule has 2 rings (SSSR count). The van der Waals surface area contributed by atoms with Crippen LogP contribution in [0, 0.1) is 0 Å². The third kappa shape index (κ3) is 3.45. The molecular formula is C14H15NO3. The fraction of sp³-hybridized carbons (Fsp3) is 0.286. The Kier molecular flexibility index (Phi) is 4.12. The smallest absolute Gasteiger partial charge is 0.304 e. The normalized spacial score (nSPS) is 12.2. The first kappa shape index (κ1) is 12.4. The van der Waals surface area contributed by atoms with Crippen molar-refractivity contribution in [1.82, 2.24) is 4.98 Å². The molecule has 0 spiro atoms. The summed E-state index contributed by atoms with van der Waals surface area (Å²) in [5.41, 5.74) is 0.825. The van der Waals surface area contributed by atoms with Gasteiger partial charge in [0.1, 0.15) is 5.76 Å². The van der Waals surface area contributed by atoms with Gasteiger partial charge < -0.3 is 9.52 Å². The Balaban J connectivity index is 2.03. The van der Waals surface area contributed by atoms with Crippen LogP contribution in [0.2, 0.25) is 0 Å². The lowest BCUT2D eigenvalue weighted by molar-refractivity contribution is -0.137. The van der Waals surface area contributed by atoms with E-state index in [1.165, 1.54) is 0 Å². The Labute approximate surface area is 105 Å². The number of carboxylic acid groups (broad SMARTS) is 1. The van der Waals surface area contributed by atoms with Crippen molar-refractivity contribution in [3.63, 3.8) is 0 Å². The number of carbonyl (C=O) groups is 1. The maximum absolute atomic E-state index is 10.9. The van der Waals surface area contributed by atoms with Crippen LogP contribution in [0.4, 0.5) is 0 Å². The van der Waals surface area contributed by atoms with E-state index in [2.05, 4.69) is 4.98 Å². The first-order chi connectivity index (χ1) is 8.75. The van der Waals surface area contributed by atoms with Gasteiger partial charge in [0.15, 0.2) is 0 Å². The molecule has 0 radical (unpaired) electrons. The van der Waals surface area contributed by atoms with E-state index < -0.39 is 5.97 Å². The first-order valence-corrected chi connectivity index (χ1v) is 5.91. The Morgan fingerprint density at radius 2 is 2.22 bits per heavy atom. The molecule has 0 saturated carbocycles. The zero-order chi connectivity index (χ0) is 12.8. The molecule has 0 aliphatic rings. The van der Waals surface area contributed by atoms with Crippen LogP contribution in [0.5, 0.6) is 0 Å². The van der Waals surface area contributed by atoms with Gasteiger partial charge in [0.2, 0.25) is 0 Å². The van der Waals surface area contributed by atoms with E-state index in [1.807, 2.05) is 30.3 Å². The van der Waals surface area contributed by atoms with Crippen molar-refractivity contribution in [3.05, 3.63) is 54.2 Å². The summed E-state index contributed by atoms with van der Waals surface area (Å²) in [5, 5.41) is 8.95. The van der Waals surface area contributed by atoms with E-state index in [-0.39, 0.29) is 12.3 Å². The average molecular weight is 245 g/mol. The Hall–Kier alpha value is -2.10. The summed E-state index contributed by atoms with van der Waals surface area (Å²) in [6.07, 6.45) is 4.86. The fourth-order valence-electron chi connectivity index (χ4n) is 1.95. The third-order valence-electron chi connectivity index (χ3n) is 2.85. The summed E-state index contributed by atoms with van der Waals surface area (Å²) in [5.74, 6) is 0.000202. The summed E-state index contributed by atoms with van der Waals surface area (Å²) >= 11 is 0. The Morgan fingerprint density at radius 1 is 1.33 bits per heavy atom. The van der Waals surface area contributed by atoms with Crippen LogP contribution >= 0.6 is 0 Å². The van der Waals surface area contributed by atoms with Crippen molar-refractivity contribution in [1.29, 1.82) is 0 Å². The molecule has 1 unspecified atom stereocenters. The molecule has 0 aromatic carbocycles. The van der Waals surface area contributed by atoms with Gasteiger partial charge >= 0.3 is 5.97 Å². The minimum Gasteiger partial charge on any atom is -0.481 e. The molecule has 0 aliphatic carbocycles. The quantitative estimate of drug-likeness (QED) is 0.850. The highest BCUT2D eigenvalue weighted by Crippen LogP contribution is 2.23. The predicted molar refractivity (Wildman–Crippen MR) is 66.3 cm³/mol. The van der Waals surface area contributed by atoms with Gasteiger partial charge in [-0.1, -0.05) is 6.07 Å². The molecule has 0 saturated heterocycles. The summed E-state index contributed by atoms with van der Waals surface area (Å²) in [4.78, 5) is 15.1. The molecule has 0 fully saturated rings. The van der Waals surface area contributed by atoms with E-state index in [4.69, 9.17) is 9.52 Å². The van der Waals surface area contributed by atoms with Crippen LogP contribution < -0.4 is 0 Å². The average Bonchev–Trinajstić information content (AvgIpc) is 2.88. The van der Waals surface area contributed by atoms with Gasteiger partial charge in [-0.25, -0.2) is 0 Å². The highest BCUT2D eigenvalue weighted by atomic mass is 16.4. The van der Waals surface area contributed by atoms with Gasteiger partial charge in [0.05, 0.1) is 12.7 Å². The molecule has 4 nitrogen and oxygen atoms in total.